The first-order valence-corrected chi connectivity index (χ1v) is 11.3. The second kappa shape index (κ2) is 9.07. The minimum Gasteiger partial charge on any atom is -0.452 e. The van der Waals surface area contributed by atoms with Crippen LogP contribution in [0.3, 0.4) is 0 Å². The number of carbonyl (C=O) groups excluding carboxylic acids is 3. The van der Waals surface area contributed by atoms with Crippen LogP contribution < -0.4 is 10.2 Å². The monoisotopic (exact) mass is 459 g/mol. The van der Waals surface area contributed by atoms with E-state index in [9.17, 15) is 22.8 Å². The van der Waals surface area contributed by atoms with Crippen molar-refractivity contribution in [1.82, 2.24) is 4.31 Å². The van der Waals surface area contributed by atoms with Crippen LogP contribution in [0.25, 0.3) is 0 Å². The number of amides is 2. The van der Waals surface area contributed by atoms with Crippen molar-refractivity contribution in [2.75, 3.05) is 49.7 Å². The standard InChI is InChI=1S/C21H21N3O7S/c25-19-13-24(18-7-2-1-6-17(18)22-19)20(26)14-31-21(27)15-4-3-5-16(12-15)32(28,29)23-8-10-30-11-9-23/h1-7,12H,8-11,13-14H2,(H,22,25). The van der Waals surface area contributed by atoms with Gasteiger partial charge in [0, 0.05) is 13.1 Å². The van der Waals surface area contributed by atoms with Gasteiger partial charge in [-0.15, -0.1) is 0 Å². The Morgan fingerprint density at radius 1 is 1.06 bits per heavy atom. The number of fused-ring (bicyclic) bond motifs is 1. The van der Waals surface area contributed by atoms with Gasteiger partial charge in [0.05, 0.1) is 35.0 Å². The molecule has 1 fully saturated rings. The predicted molar refractivity (Wildman–Crippen MR) is 114 cm³/mol. The quantitative estimate of drug-likeness (QED) is 0.658. The molecule has 11 heteroatoms. The van der Waals surface area contributed by atoms with E-state index < -0.39 is 28.5 Å². The molecule has 0 radical (unpaired) electrons. The van der Waals surface area contributed by atoms with E-state index in [1.54, 1.807) is 24.3 Å². The molecule has 2 aliphatic rings. The molecule has 2 aromatic carbocycles. The van der Waals surface area contributed by atoms with Crippen LogP contribution in [0.15, 0.2) is 53.4 Å². The number of para-hydroxylation sites is 2. The van der Waals surface area contributed by atoms with Crippen LogP contribution in [0.4, 0.5) is 11.4 Å². The summed E-state index contributed by atoms with van der Waals surface area (Å²) in [4.78, 5) is 38.2. The van der Waals surface area contributed by atoms with E-state index in [1.807, 2.05) is 0 Å². The van der Waals surface area contributed by atoms with E-state index in [4.69, 9.17) is 9.47 Å². The number of esters is 1. The van der Waals surface area contributed by atoms with E-state index >= 15 is 0 Å². The molecule has 0 bridgehead atoms. The second-order valence-electron chi connectivity index (χ2n) is 7.17. The van der Waals surface area contributed by atoms with Crippen molar-refractivity contribution >= 4 is 39.2 Å². The summed E-state index contributed by atoms with van der Waals surface area (Å²) in [5.74, 6) is -1.77. The normalized spacial score (nSPS) is 16.8. The number of benzene rings is 2. The maximum absolute atomic E-state index is 12.8. The molecule has 4 rings (SSSR count). The summed E-state index contributed by atoms with van der Waals surface area (Å²) < 4.78 is 37.2. The molecular weight excluding hydrogens is 438 g/mol. The number of morpholine rings is 1. The lowest BCUT2D eigenvalue weighted by Crippen LogP contribution is -2.44. The zero-order valence-corrected chi connectivity index (χ0v) is 17.8. The molecule has 0 spiro atoms. The number of carbonyl (C=O) groups is 3. The molecule has 32 heavy (non-hydrogen) atoms. The van der Waals surface area contributed by atoms with Gasteiger partial charge in [0.2, 0.25) is 15.9 Å². The summed E-state index contributed by atoms with van der Waals surface area (Å²) in [5.41, 5.74) is 1.00. The van der Waals surface area contributed by atoms with Gasteiger partial charge in [0.25, 0.3) is 5.91 Å². The van der Waals surface area contributed by atoms with Crippen LogP contribution in [-0.4, -0.2) is 70.0 Å². The molecular formula is C21H21N3O7S. The van der Waals surface area contributed by atoms with E-state index in [2.05, 4.69) is 5.32 Å². The highest BCUT2D eigenvalue weighted by Gasteiger charge is 2.29. The fourth-order valence-corrected chi connectivity index (χ4v) is 4.92. The van der Waals surface area contributed by atoms with Gasteiger partial charge in [-0.3, -0.25) is 14.5 Å². The number of nitrogens with zero attached hydrogens (tertiary/aromatic N) is 2. The molecule has 2 aliphatic heterocycles. The zero-order valence-electron chi connectivity index (χ0n) is 17.0. The predicted octanol–water partition coefficient (Wildman–Crippen LogP) is 0.850. The Hall–Kier alpha value is -3.28. The van der Waals surface area contributed by atoms with Crippen LogP contribution in [0, 0.1) is 0 Å². The highest BCUT2D eigenvalue weighted by Crippen LogP contribution is 2.29. The number of nitrogens with one attached hydrogen (secondary N) is 1. The Morgan fingerprint density at radius 3 is 2.59 bits per heavy atom. The van der Waals surface area contributed by atoms with Crippen LogP contribution in [-0.2, 0) is 29.1 Å². The van der Waals surface area contributed by atoms with Crippen molar-refractivity contribution in [3.8, 4) is 0 Å². The fraction of sp³-hybridized carbons (Fsp3) is 0.286. The maximum atomic E-state index is 12.8. The summed E-state index contributed by atoms with van der Waals surface area (Å²) in [6.07, 6.45) is 0. The average Bonchev–Trinajstić information content (AvgIpc) is 2.82. The molecule has 10 nitrogen and oxygen atoms in total. The lowest BCUT2D eigenvalue weighted by molar-refractivity contribution is -0.124. The van der Waals surface area contributed by atoms with Gasteiger partial charge in [0.1, 0.15) is 6.54 Å². The fourth-order valence-electron chi connectivity index (χ4n) is 3.46. The third-order valence-corrected chi connectivity index (χ3v) is 6.97. The van der Waals surface area contributed by atoms with Gasteiger partial charge >= 0.3 is 5.97 Å². The average molecular weight is 459 g/mol. The van der Waals surface area contributed by atoms with E-state index in [0.717, 1.165) is 0 Å². The number of hydrogen-bond acceptors (Lipinski definition) is 7. The molecule has 0 aliphatic carbocycles. The summed E-state index contributed by atoms with van der Waals surface area (Å²) in [6, 6.07) is 12.3. The van der Waals surface area contributed by atoms with Gasteiger partial charge in [-0.2, -0.15) is 4.31 Å². The van der Waals surface area contributed by atoms with E-state index in [-0.39, 0.29) is 36.0 Å². The van der Waals surface area contributed by atoms with Gasteiger partial charge < -0.3 is 14.8 Å². The van der Waals surface area contributed by atoms with Crippen molar-refractivity contribution in [2.24, 2.45) is 0 Å². The van der Waals surface area contributed by atoms with E-state index in [1.165, 1.54) is 33.5 Å². The van der Waals surface area contributed by atoms with E-state index in [0.29, 0.717) is 24.6 Å². The molecule has 0 aromatic heterocycles. The first-order valence-electron chi connectivity index (χ1n) is 9.90. The SMILES string of the molecule is O=C1CN(C(=O)COC(=O)c2cccc(S(=O)(=O)N3CCOCC3)c2)c2ccccc2N1. The van der Waals surface area contributed by atoms with Gasteiger partial charge in [-0.25, -0.2) is 13.2 Å². The summed E-state index contributed by atoms with van der Waals surface area (Å²) >= 11 is 0. The second-order valence-corrected chi connectivity index (χ2v) is 9.10. The molecule has 2 amide bonds. The van der Waals surface area contributed by atoms with Crippen molar-refractivity contribution in [2.45, 2.75) is 4.90 Å². The third-order valence-electron chi connectivity index (χ3n) is 5.08. The van der Waals surface area contributed by atoms with Gasteiger partial charge in [0.15, 0.2) is 6.61 Å². The first-order chi connectivity index (χ1) is 15.4. The molecule has 1 N–H and O–H groups in total. The van der Waals surface area contributed by atoms with Gasteiger partial charge in [-0.05, 0) is 30.3 Å². The Labute approximate surface area is 184 Å². The Balaban J connectivity index is 1.44. The lowest BCUT2D eigenvalue weighted by atomic mass is 10.2. The van der Waals surface area contributed by atoms with Crippen molar-refractivity contribution in [1.29, 1.82) is 0 Å². The Kier molecular flexibility index (Phi) is 6.21. The third kappa shape index (κ3) is 4.49. The largest absolute Gasteiger partial charge is 0.452 e. The number of anilines is 2. The molecule has 0 atom stereocenters. The molecule has 2 aromatic rings. The Morgan fingerprint density at radius 2 is 1.81 bits per heavy atom. The van der Waals surface area contributed by atoms with Crippen LogP contribution in [0.5, 0.6) is 0 Å². The molecule has 1 saturated heterocycles. The molecule has 0 unspecified atom stereocenters. The van der Waals surface area contributed by atoms with Crippen LogP contribution in [0.2, 0.25) is 0 Å². The molecule has 0 saturated carbocycles. The zero-order chi connectivity index (χ0) is 22.7. The highest BCUT2D eigenvalue weighted by molar-refractivity contribution is 7.89. The number of hydrogen-bond donors (Lipinski definition) is 1. The smallest absolute Gasteiger partial charge is 0.338 e. The van der Waals surface area contributed by atoms with Crippen molar-refractivity contribution in [3.63, 3.8) is 0 Å². The molecule has 168 valence electrons. The van der Waals surface area contributed by atoms with Crippen molar-refractivity contribution < 1.29 is 32.3 Å². The number of rotatable bonds is 5. The minimum absolute atomic E-state index is 0.00363. The number of sulfonamides is 1. The topological polar surface area (TPSA) is 122 Å². The summed E-state index contributed by atoms with van der Waals surface area (Å²) in [7, 11) is -3.78. The summed E-state index contributed by atoms with van der Waals surface area (Å²) in [6.45, 7) is 0.288. The van der Waals surface area contributed by atoms with Gasteiger partial charge in [-0.1, -0.05) is 18.2 Å². The maximum Gasteiger partial charge on any atom is 0.338 e. The number of ether oxygens (including phenoxy) is 2. The van der Waals surface area contributed by atoms with Crippen molar-refractivity contribution in [3.05, 3.63) is 54.1 Å². The lowest BCUT2D eigenvalue weighted by Gasteiger charge is -2.28. The molecule has 2 heterocycles. The first kappa shape index (κ1) is 21.9. The minimum atomic E-state index is -3.78. The van der Waals surface area contributed by atoms with Crippen LogP contribution >= 0.6 is 0 Å². The van der Waals surface area contributed by atoms with Crippen LogP contribution in [0.1, 0.15) is 10.4 Å². The summed E-state index contributed by atoms with van der Waals surface area (Å²) in [5, 5.41) is 2.67. The Bertz CT molecular complexity index is 1160. The highest BCUT2D eigenvalue weighted by atomic mass is 32.2.